The van der Waals surface area contributed by atoms with Crippen LogP contribution in [0.5, 0.6) is 11.5 Å². The van der Waals surface area contributed by atoms with Gasteiger partial charge in [0.15, 0.2) is 11.6 Å². The zero-order valence-corrected chi connectivity index (χ0v) is 11.7. The predicted molar refractivity (Wildman–Crippen MR) is 77.1 cm³/mol. The van der Waals surface area contributed by atoms with Crippen LogP contribution in [0.1, 0.15) is 11.1 Å². The second kappa shape index (κ2) is 6.32. The molecule has 2 aromatic rings. The first-order valence-electron chi connectivity index (χ1n) is 6.38. The molecule has 0 amide bonds. The van der Waals surface area contributed by atoms with Crippen molar-refractivity contribution in [2.45, 2.75) is 13.5 Å². The second-order valence-electron chi connectivity index (χ2n) is 4.57. The fraction of sp³-hybridized carbons (Fsp3) is 0.200. The molecule has 0 atom stereocenters. The summed E-state index contributed by atoms with van der Waals surface area (Å²) in [6, 6.07) is 9.01. The number of nitro groups is 1. The Morgan fingerprint density at radius 2 is 2.10 bits per heavy atom. The third-order valence-corrected chi connectivity index (χ3v) is 3.00. The van der Waals surface area contributed by atoms with Gasteiger partial charge in [-0.2, -0.15) is 0 Å². The van der Waals surface area contributed by atoms with Gasteiger partial charge in [0, 0.05) is 23.7 Å². The normalized spacial score (nSPS) is 10.4. The molecule has 2 rings (SSSR count). The monoisotopic (exact) mass is 290 g/mol. The summed E-state index contributed by atoms with van der Waals surface area (Å²) in [5, 5.41) is 13.7. The number of aryl methyl sites for hydroxylation is 1. The summed E-state index contributed by atoms with van der Waals surface area (Å²) in [4.78, 5) is 10.3. The van der Waals surface area contributed by atoms with E-state index in [2.05, 4.69) is 5.32 Å². The number of ether oxygens (including phenoxy) is 1. The van der Waals surface area contributed by atoms with Gasteiger partial charge in [-0.25, -0.2) is 4.39 Å². The lowest BCUT2D eigenvalue weighted by atomic mass is 10.1. The lowest BCUT2D eigenvalue weighted by Gasteiger charge is -2.12. The van der Waals surface area contributed by atoms with Crippen molar-refractivity contribution >= 4 is 5.69 Å². The number of nitrogens with one attached hydrogen (secondary N) is 1. The molecule has 0 aliphatic rings. The van der Waals surface area contributed by atoms with Crippen LogP contribution in [0.15, 0.2) is 36.4 Å². The van der Waals surface area contributed by atoms with Crippen molar-refractivity contribution in [1.29, 1.82) is 0 Å². The number of para-hydroxylation sites is 1. The van der Waals surface area contributed by atoms with Gasteiger partial charge in [-0.15, -0.1) is 0 Å². The first-order chi connectivity index (χ1) is 10.0. The van der Waals surface area contributed by atoms with Gasteiger partial charge in [0.1, 0.15) is 5.75 Å². The largest absolute Gasteiger partial charge is 0.454 e. The van der Waals surface area contributed by atoms with Gasteiger partial charge in [-0.05, 0) is 32.2 Å². The Morgan fingerprint density at radius 3 is 2.71 bits per heavy atom. The van der Waals surface area contributed by atoms with Crippen molar-refractivity contribution in [3.05, 3.63) is 63.5 Å². The third kappa shape index (κ3) is 3.35. The molecular weight excluding hydrogens is 275 g/mol. The Hall–Kier alpha value is -2.47. The van der Waals surface area contributed by atoms with E-state index in [1.54, 1.807) is 26.1 Å². The fourth-order valence-corrected chi connectivity index (χ4v) is 2.01. The summed E-state index contributed by atoms with van der Waals surface area (Å²) in [5.41, 5.74) is 1.14. The van der Waals surface area contributed by atoms with Gasteiger partial charge < -0.3 is 10.1 Å². The molecular formula is C15H15FN2O3. The molecule has 6 heteroatoms. The third-order valence-electron chi connectivity index (χ3n) is 3.00. The molecule has 110 valence electrons. The van der Waals surface area contributed by atoms with E-state index in [1.807, 2.05) is 0 Å². The molecule has 2 aromatic carbocycles. The Labute approximate surface area is 121 Å². The van der Waals surface area contributed by atoms with Crippen molar-refractivity contribution in [3.63, 3.8) is 0 Å². The van der Waals surface area contributed by atoms with Gasteiger partial charge in [0.2, 0.25) is 0 Å². The van der Waals surface area contributed by atoms with Crippen molar-refractivity contribution in [2.24, 2.45) is 0 Å². The highest BCUT2D eigenvalue weighted by molar-refractivity contribution is 5.46. The molecule has 21 heavy (non-hydrogen) atoms. The van der Waals surface area contributed by atoms with Crippen LogP contribution >= 0.6 is 0 Å². The highest BCUT2D eigenvalue weighted by Gasteiger charge is 2.14. The molecule has 0 heterocycles. The maximum Gasteiger partial charge on any atom is 0.272 e. The minimum absolute atomic E-state index is 0.00586. The topological polar surface area (TPSA) is 64.4 Å². The Kier molecular flexibility index (Phi) is 4.49. The lowest BCUT2D eigenvalue weighted by Crippen LogP contribution is -2.07. The Morgan fingerprint density at radius 1 is 1.33 bits per heavy atom. The van der Waals surface area contributed by atoms with E-state index in [0.29, 0.717) is 23.4 Å². The zero-order chi connectivity index (χ0) is 15.4. The SMILES string of the molecule is CNCc1cccc(F)c1Oc1ccc([N+](=O)[O-])c(C)c1. The Balaban J connectivity index is 2.34. The maximum atomic E-state index is 13.9. The van der Waals surface area contributed by atoms with E-state index in [0.717, 1.165) is 0 Å². The number of hydrogen-bond donors (Lipinski definition) is 1. The van der Waals surface area contributed by atoms with Crippen LogP contribution in [0, 0.1) is 22.9 Å². The van der Waals surface area contributed by atoms with Gasteiger partial charge >= 0.3 is 0 Å². The van der Waals surface area contributed by atoms with Crippen molar-refractivity contribution < 1.29 is 14.1 Å². The standard InChI is InChI=1S/C15H15FN2O3/c1-10-8-12(6-7-14(10)18(19)20)21-15-11(9-17-2)4-3-5-13(15)16/h3-8,17H,9H2,1-2H3. The molecule has 0 aromatic heterocycles. The van der Waals surface area contributed by atoms with E-state index in [9.17, 15) is 14.5 Å². The molecule has 0 saturated carbocycles. The van der Waals surface area contributed by atoms with Crippen LogP contribution in [0.25, 0.3) is 0 Å². The van der Waals surface area contributed by atoms with Crippen LogP contribution in [0.2, 0.25) is 0 Å². The molecule has 0 aliphatic heterocycles. The number of nitro benzene ring substituents is 1. The highest BCUT2D eigenvalue weighted by Crippen LogP contribution is 2.31. The average Bonchev–Trinajstić information content (AvgIpc) is 2.42. The van der Waals surface area contributed by atoms with Gasteiger partial charge in [0.05, 0.1) is 4.92 Å². The van der Waals surface area contributed by atoms with Crippen LogP contribution in [0.4, 0.5) is 10.1 Å². The quantitative estimate of drug-likeness (QED) is 0.675. The minimum atomic E-state index is -0.473. The highest BCUT2D eigenvalue weighted by atomic mass is 19.1. The molecule has 0 saturated heterocycles. The zero-order valence-electron chi connectivity index (χ0n) is 11.7. The van der Waals surface area contributed by atoms with E-state index in [-0.39, 0.29) is 11.4 Å². The van der Waals surface area contributed by atoms with Gasteiger partial charge in [-0.3, -0.25) is 10.1 Å². The van der Waals surface area contributed by atoms with Crippen LogP contribution in [-0.2, 0) is 6.54 Å². The lowest BCUT2D eigenvalue weighted by molar-refractivity contribution is -0.385. The van der Waals surface area contributed by atoms with Crippen LogP contribution in [0.3, 0.4) is 0 Å². The van der Waals surface area contributed by atoms with E-state index < -0.39 is 10.7 Å². The molecule has 5 nitrogen and oxygen atoms in total. The molecule has 0 spiro atoms. The van der Waals surface area contributed by atoms with Crippen molar-refractivity contribution in [2.75, 3.05) is 7.05 Å². The summed E-state index contributed by atoms with van der Waals surface area (Å²) >= 11 is 0. The molecule has 0 bridgehead atoms. The minimum Gasteiger partial charge on any atom is -0.454 e. The molecule has 0 aliphatic carbocycles. The van der Waals surface area contributed by atoms with Crippen molar-refractivity contribution in [3.8, 4) is 11.5 Å². The van der Waals surface area contributed by atoms with E-state index >= 15 is 0 Å². The smallest absolute Gasteiger partial charge is 0.272 e. The summed E-state index contributed by atoms with van der Waals surface area (Å²) < 4.78 is 19.5. The second-order valence-corrected chi connectivity index (χ2v) is 4.57. The van der Waals surface area contributed by atoms with E-state index in [4.69, 9.17) is 4.74 Å². The average molecular weight is 290 g/mol. The fourth-order valence-electron chi connectivity index (χ4n) is 2.01. The first-order valence-corrected chi connectivity index (χ1v) is 6.38. The molecule has 1 N–H and O–H groups in total. The number of rotatable bonds is 5. The maximum absolute atomic E-state index is 13.9. The summed E-state index contributed by atoms with van der Waals surface area (Å²) in [5.74, 6) is 0.0133. The Bertz CT molecular complexity index is 674. The van der Waals surface area contributed by atoms with Gasteiger partial charge in [-0.1, -0.05) is 12.1 Å². The summed E-state index contributed by atoms with van der Waals surface area (Å²) in [6.07, 6.45) is 0. The van der Waals surface area contributed by atoms with Crippen LogP contribution < -0.4 is 10.1 Å². The number of halogens is 1. The van der Waals surface area contributed by atoms with Crippen molar-refractivity contribution in [1.82, 2.24) is 5.32 Å². The first kappa shape index (κ1) is 14.9. The summed E-state index contributed by atoms with van der Waals surface area (Å²) in [6.45, 7) is 2.07. The summed E-state index contributed by atoms with van der Waals surface area (Å²) in [7, 11) is 1.75. The molecule has 0 fully saturated rings. The number of nitrogens with zero attached hydrogens (tertiary/aromatic N) is 1. The number of benzene rings is 2. The molecule has 0 radical (unpaired) electrons. The van der Waals surface area contributed by atoms with Crippen LogP contribution in [-0.4, -0.2) is 12.0 Å². The number of hydrogen-bond acceptors (Lipinski definition) is 4. The molecule has 0 unspecified atom stereocenters. The van der Waals surface area contributed by atoms with E-state index in [1.165, 1.54) is 24.3 Å². The predicted octanol–water partition coefficient (Wildman–Crippen LogP) is 3.55. The van der Waals surface area contributed by atoms with Gasteiger partial charge in [0.25, 0.3) is 5.69 Å².